The van der Waals surface area contributed by atoms with Crippen molar-refractivity contribution in [3.63, 3.8) is 0 Å². The van der Waals surface area contributed by atoms with Crippen LogP contribution in [0, 0.1) is 10.1 Å². The largest absolute Gasteiger partial charge is 0.289 e. The maximum atomic E-state index is 12.6. The molecular weight excluding hydrogens is 410 g/mol. The molecule has 0 saturated carbocycles. The Bertz CT molecular complexity index is 1160. The Hall–Kier alpha value is -3.76. The number of sulfonamides is 1. The molecule has 0 heterocycles. The molecule has 0 saturated heterocycles. The average Bonchev–Trinajstić information content (AvgIpc) is 2.75. The number of nitro groups is 1. The molecule has 0 bridgehead atoms. The molecule has 154 valence electrons. The van der Waals surface area contributed by atoms with Crippen molar-refractivity contribution in [2.75, 3.05) is 4.72 Å². The molecule has 0 fully saturated rings. The van der Waals surface area contributed by atoms with Crippen LogP contribution in [0.25, 0.3) is 0 Å². The Morgan fingerprint density at radius 2 is 1.47 bits per heavy atom. The Morgan fingerprint density at radius 1 is 0.900 bits per heavy atom. The first-order chi connectivity index (χ1) is 14.3. The van der Waals surface area contributed by atoms with Crippen LogP contribution in [0.5, 0.6) is 0 Å². The highest BCUT2D eigenvalue weighted by atomic mass is 32.2. The SMILES string of the molecule is O=C(NO)C(c1ccccc1)c1ccc(NS(=O)(=O)c2ccccc2[N+](=O)[O-])cc1. The van der Waals surface area contributed by atoms with Gasteiger partial charge in [-0.3, -0.25) is 24.8 Å². The minimum Gasteiger partial charge on any atom is -0.289 e. The first kappa shape index (κ1) is 21.0. The smallest absolute Gasteiger partial charge is 0.289 e. The van der Waals surface area contributed by atoms with Gasteiger partial charge in [0, 0.05) is 11.8 Å². The Morgan fingerprint density at radius 3 is 2.07 bits per heavy atom. The van der Waals surface area contributed by atoms with E-state index in [4.69, 9.17) is 5.21 Å². The van der Waals surface area contributed by atoms with Crippen LogP contribution >= 0.6 is 0 Å². The van der Waals surface area contributed by atoms with Crippen LogP contribution in [0.3, 0.4) is 0 Å². The van der Waals surface area contributed by atoms with Crippen molar-refractivity contribution in [1.29, 1.82) is 0 Å². The fourth-order valence-corrected chi connectivity index (χ4v) is 4.23. The summed E-state index contributed by atoms with van der Waals surface area (Å²) < 4.78 is 27.5. The number of para-hydroxylation sites is 1. The predicted octanol–water partition coefficient (Wildman–Crippen LogP) is 3.03. The normalized spacial score (nSPS) is 12.0. The Kier molecular flexibility index (Phi) is 6.09. The van der Waals surface area contributed by atoms with Crippen LogP contribution in [-0.4, -0.2) is 24.5 Å². The third-order valence-electron chi connectivity index (χ3n) is 4.35. The lowest BCUT2D eigenvalue weighted by Gasteiger charge is -2.16. The quantitative estimate of drug-likeness (QED) is 0.301. The number of nitro benzene ring substituents is 1. The molecule has 1 atom stereocenters. The summed E-state index contributed by atoms with van der Waals surface area (Å²) in [7, 11) is -4.21. The van der Waals surface area contributed by atoms with Crippen molar-refractivity contribution in [3.8, 4) is 0 Å². The summed E-state index contributed by atoms with van der Waals surface area (Å²) in [4.78, 5) is 22.1. The van der Waals surface area contributed by atoms with Crippen LogP contribution in [0.4, 0.5) is 11.4 Å². The first-order valence-corrected chi connectivity index (χ1v) is 10.2. The van der Waals surface area contributed by atoms with Gasteiger partial charge in [0.05, 0.1) is 10.8 Å². The van der Waals surface area contributed by atoms with Crippen molar-refractivity contribution in [3.05, 3.63) is 100 Å². The van der Waals surface area contributed by atoms with E-state index < -0.39 is 37.4 Å². The third-order valence-corrected chi connectivity index (χ3v) is 5.78. The van der Waals surface area contributed by atoms with E-state index >= 15 is 0 Å². The number of amides is 1. The first-order valence-electron chi connectivity index (χ1n) is 8.68. The van der Waals surface area contributed by atoms with Gasteiger partial charge in [0.1, 0.15) is 0 Å². The summed E-state index contributed by atoms with van der Waals surface area (Å²) in [5, 5.41) is 20.2. The van der Waals surface area contributed by atoms with Gasteiger partial charge in [-0.15, -0.1) is 0 Å². The molecule has 1 unspecified atom stereocenters. The fraction of sp³-hybridized carbons (Fsp3) is 0.0500. The lowest BCUT2D eigenvalue weighted by Crippen LogP contribution is -2.27. The Labute approximate surface area is 172 Å². The van der Waals surface area contributed by atoms with E-state index in [1.54, 1.807) is 35.8 Å². The van der Waals surface area contributed by atoms with E-state index in [1.807, 2.05) is 0 Å². The van der Waals surface area contributed by atoms with E-state index in [9.17, 15) is 23.3 Å². The topological polar surface area (TPSA) is 139 Å². The number of anilines is 1. The lowest BCUT2D eigenvalue weighted by molar-refractivity contribution is -0.387. The van der Waals surface area contributed by atoms with Crippen LogP contribution in [-0.2, 0) is 14.8 Å². The fourth-order valence-electron chi connectivity index (χ4n) is 2.99. The van der Waals surface area contributed by atoms with Gasteiger partial charge in [-0.25, -0.2) is 13.9 Å². The minimum absolute atomic E-state index is 0.160. The Balaban J connectivity index is 1.90. The van der Waals surface area contributed by atoms with E-state index in [1.165, 1.54) is 36.4 Å². The standard InChI is InChI=1S/C20H17N3O6S/c24-20(21-25)19(14-6-2-1-3-7-14)15-10-12-16(13-11-15)22-30(28,29)18-9-5-4-8-17(18)23(26)27/h1-13,19,22,25H,(H,21,24). The van der Waals surface area contributed by atoms with Crippen LogP contribution in [0.15, 0.2) is 83.8 Å². The van der Waals surface area contributed by atoms with E-state index in [2.05, 4.69) is 4.72 Å². The summed E-state index contributed by atoms with van der Waals surface area (Å²) in [6.45, 7) is 0. The van der Waals surface area contributed by atoms with E-state index in [0.29, 0.717) is 11.1 Å². The molecule has 3 aromatic rings. The zero-order chi connectivity index (χ0) is 21.7. The summed E-state index contributed by atoms with van der Waals surface area (Å²) >= 11 is 0. The monoisotopic (exact) mass is 427 g/mol. The molecule has 10 heteroatoms. The number of hydrogen-bond donors (Lipinski definition) is 3. The van der Waals surface area contributed by atoms with Gasteiger partial charge >= 0.3 is 0 Å². The van der Waals surface area contributed by atoms with Crippen molar-refractivity contribution in [1.82, 2.24) is 5.48 Å². The van der Waals surface area contributed by atoms with Gasteiger partial charge in [0.2, 0.25) is 0 Å². The van der Waals surface area contributed by atoms with Gasteiger partial charge in [-0.1, -0.05) is 54.6 Å². The molecule has 9 nitrogen and oxygen atoms in total. The number of rotatable bonds is 7. The van der Waals surface area contributed by atoms with Gasteiger partial charge in [0.15, 0.2) is 4.90 Å². The van der Waals surface area contributed by atoms with Gasteiger partial charge < -0.3 is 0 Å². The second-order valence-corrected chi connectivity index (χ2v) is 7.92. The molecule has 0 aliphatic heterocycles. The molecular formula is C20H17N3O6S. The molecule has 0 aliphatic carbocycles. The maximum Gasteiger partial charge on any atom is 0.289 e. The number of hydrogen-bond acceptors (Lipinski definition) is 6. The number of nitrogens with one attached hydrogen (secondary N) is 2. The molecule has 0 radical (unpaired) electrons. The highest BCUT2D eigenvalue weighted by molar-refractivity contribution is 7.92. The summed E-state index contributed by atoms with van der Waals surface area (Å²) in [5.41, 5.74) is 2.41. The van der Waals surface area contributed by atoms with Crippen molar-refractivity contribution >= 4 is 27.3 Å². The zero-order valence-electron chi connectivity index (χ0n) is 15.4. The van der Waals surface area contributed by atoms with Gasteiger partial charge in [-0.05, 0) is 29.3 Å². The van der Waals surface area contributed by atoms with Crippen molar-refractivity contribution < 1.29 is 23.3 Å². The lowest BCUT2D eigenvalue weighted by atomic mass is 9.90. The number of benzene rings is 3. The molecule has 3 N–H and O–H groups in total. The minimum atomic E-state index is -4.21. The molecule has 3 rings (SSSR count). The van der Waals surface area contributed by atoms with Gasteiger partial charge in [0.25, 0.3) is 21.6 Å². The third kappa shape index (κ3) is 4.45. The molecule has 0 aliphatic rings. The molecule has 1 amide bonds. The predicted molar refractivity (Wildman–Crippen MR) is 109 cm³/mol. The molecule has 3 aromatic carbocycles. The average molecular weight is 427 g/mol. The maximum absolute atomic E-state index is 12.6. The van der Waals surface area contributed by atoms with Crippen molar-refractivity contribution in [2.24, 2.45) is 0 Å². The zero-order valence-corrected chi connectivity index (χ0v) is 16.2. The second kappa shape index (κ2) is 8.72. The number of carbonyl (C=O) groups is 1. The number of carbonyl (C=O) groups excluding carboxylic acids is 1. The molecule has 0 aromatic heterocycles. The summed E-state index contributed by atoms with van der Waals surface area (Å²) in [6, 6.07) is 19.7. The number of nitrogens with zero attached hydrogens (tertiary/aromatic N) is 1. The molecule has 30 heavy (non-hydrogen) atoms. The van der Waals surface area contributed by atoms with E-state index in [0.717, 1.165) is 12.1 Å². The highest BCUT2D eigenvalue weighted by Crippen LogP contribution is 2.28. The molecule has 0 spiro atoms. The second-order valence-electron chi connectivity index (χ2n) is 6.27. The van der Waals surface area contributed by atoms with Gasteiger partial charge in [-0.2, -0.15) is 0 Å². The number of hydroxylamine groups is 1. The van der Waals surface area contributed by atoms with Crippen molar-refractivity contribution in [2.45, 2.75) is 10.8 Å². The van der Waals surface area contributed by atoms with E-state index in [-0.39, 0.29) is 5.69 Å². The summed E-state index contributed by atoms with van der Waals surface area (Å²) in [6.07, 6.45) is 0. The van der Waals surface area contributed by atoms with Crippen LogP contribution in [0.1, 0.15) is 17.0 Å². The summed E-state index contributed by atoms with van der Waals surface area (Å²) in [5.74, 6) is -1.45. The van der Waals surface area contributed by atoms with Crippen LogP contribution < -0.4 is 10.2 Å². The van der Waals surface area contributed by atoms with Crippen LogP contribution in [0.2, 0.25) is 0 Å². The highest BCUT2D eigenvalue weighted by Gasteiger charge is 2.26.